The zero-order chi connectivity index (χ0) is 6.97. The van der Waals surface area contributed by atoms with E-state index >= 15 is 0 Å². The number of fused-ring (bicyclic) bond motifs is 1. The summed E-state index contributed by atoms with van der Waals surface area (Å²) in [5, 5.41) is 0. The van der Waals surface area contributed by atoms with Crippen molar-refractivity contribution in [3.05, 3.63) is 0 Å². The second-order valence-electron chi connectivity index (χ2n) is 3.88. The van der Waals surface area contributed by atoms with Crippen molar-refractivity contribution < 1.29 is 0 Å². The minimum Gasteiger partial charge on any atom is -0.303 e. The number of nitrogens with zero attached hydrogens (tertiary/aromatic N) is 1. The highest BCUT2D eigenvalue weighted by molar-refractivity contribution is 4.87. The van der Waals surface area contributed by atoms with Gasteiger partial charge in [-0.15, -0.1) is 0 Å². The molecule has 2 aliphatic rings. The SMILES string of the molecule is CN1CC[C@@H]2CCCC[C@@H]21. The molecule has 0 aromatic carbocycles. The Labute approximate surface area is 63.4 Å². The van der Waals surface area contributed by atoms with Crippen molar-refractivity contribution in [1.29, 1.82) is 0 Å². The van der Waals surface area contributed by atoms with Gasteiger partial charge in [-0.2, -0.15) is 0 Å². The van der Waals surface area contributed by atoms with Gasteiger partial charge in [0.15, 0.2) is 0 Å². The van der Waals surface area contributed by atoms with Crippen LogP contribution in [-0.2, 0) is 0 Å². The van der Waals surface area contributed by atoms with E-state index in [2.05, 4.69) is 11.9 Å². The van der Waals surface area contributed by atoms with Gasteiger partial charge in [0.25, 0.3) is 0 Å². The molecule has 0 aromatic rings. The second-order valence-corrected chi connectivity index (χ2v) is 3.88. The lowest BCUT2D eigenvalue weighted by molar-refractivity contribution is 0.215. The summed E-state index contributed by atoms with van der Waals surface area (Å²) in [6.07, 6.45) is 7.43. The molecule has 10 heavy (non-hydrogen) atoms. The molecule has 58 valence electrons. The number of hydrogen-bond donors (Lipinski definition) is 0. The van der Waals surface area contributed by atoms with E-state index < -0.39 is 0 Å². The molecule has 0 bridgehead atoms. The fourth-order valence-corrected chi connectivity index (χ4v) is 2.64. The molecule has 1 saturated carbocycles. The maximum atomic E-state index is 2.56. The lowest BCUT2D eigenvalue weighted by Gasteiger charge is -2.28. The Morgan fingerprint density at radius 1 is 1.10 bits per heavy atom. The monoisotopic (exact) mass is 139 g/mol. The minimum atomic E-state index is 0.966. The van der Waals surface area contributed by atoms with Gasteiger partial charge in [0.05, 0.1) is 0 Å². The molecule has 0 aromatic heterocycles. The molecule has 1 heterocycles. The van der Waals surface area contributed by atoms with Crippen LogP contribution in [0.25, 0.3) is 0 Å². The molecule has 1 aliphatic heterocycles. The Hall–Kier alpha value is -0.0400. The third kappa shape index (κ3) is 0.968. The first-order chi connectivity index (χ1) is 4.88. The van der Waals surface area contributed by atoms with Crippen LogP contribution in [0.15, 0.2) is 0 Å². The first-order valence-corrected chi connectivity index (χ1v) is 4.58. The lowest BCUT2D eigenvalue weighted by Crippen LogP contribution is -2.31. The molecular weight excluding hydrogens is 122 g/mol. The van der Waals surface area contributed by atoms with Crippen LogP contribution in [0.1, 0.15) is 32.1 Å². The van der Waals surface area contributed by atoms with E-state index in [1.165, 1.54) is 38.6 Å². The van der Waals surface area contributed by atoms with Gasteiger partial charge >= 0.3 is 0 Å². The highest BCUT2D eigenvalue weighted by Crippen LogP contribution is 2.34. The normalized spacial score (nSPS) is 41.7. The summed E-state index contributed by atoms with van der Waals surface area (Å²) in [7, 11) is 2.29. The van der Waals surface area contributed by atoms with Crippen molar-refractivity contribution in [2.75, 3.05) is 13.6 Å². The van der Waals surface area contributed by atoms with Crippen LogP contribution in [0.4, 0.5) is 0 Å². The van der Waals surface area contributed by atoms with E-state index in [1.807, 2.05) is 0 Å². The van der Waals surface area contributed by atoms with Crippen molar-refractivity contribution in [2.45, 2.75) is 38.1 Å². The minimum absolute atomic E-state index is 0.966. The van der Waals surface area contributed by atoms with E-state index in [9.17, 15) is 0 Å². The van der Waals surface area contributed by atoms with E-state index in [4.69, 9.17) is 0 Å². The van der Waals surface area contributed by atoms with Gasteiger partial charge in [-0.1, -0.05) is 12.8 Å². The molecule has 1 heteroatoms. The standard InChI is InChI=1S/C9H17N/c1-10-7-6-8-4-2-3-5-9(8)10/h8-9H,2-7H2,1H3/t8-,9-/m0/s1. The molecule has 0 unspecified atom stereocenters. The van der Waals surface area contributed by atoms with Gasteiger partial charge in [-0.3, -0.25) is 0 Å². The highest BCUT2D eigenvalue weighted by atomic mass is 15.2. The van der Waals surface area contributed by atoms with Crippen molar-refractivity contribution in [1.82, 2.24) is 4.90 Å². The van der Waals surface area contributed by atoms with Gasteiger partial charge in [0.2, 0.25) is 0 Å². The van der Waals surface area contributed by atoms with Crippen LogP contribution in [0.2, 0.25) is 0 Å². The Kier molecular flexibility index (Phi) is 1.69. The van der Waals surface area contributed by atoms with Gasteiger partial charge in [0, 0.05) is 6.04 Å². The molecule has 1 aliphatic carbocycles. The van der Waals surface area contributed by atoms with Crippen LogP contribution in [-0.4, -0.2) is 24.5 Å². The van der Waals surface area contributed by atoms with Crippen LogP contribution in [0.5, 0.6) is 0 Å². The van der Waals surface area contributed by atoms with Gasteiger partial charge < -0.3 is 4.90 Å². The highest BCUT2D eigenvalue weighted by Gasteiger charge is 2.32. The summed E-state index contributed by atoms with van der Waals surface area (Å²) < 4.78 is 0. The fourth-order valence-electron chi connectivity index (χ4n) is 2.64. The zero-order valence-electron chi connectivity index (χ0n) is 6.84. The van der Waals surface area contributed by atoms with Gasteiger partial charge in [0.1, 0.15) is 0 Å². The predicted molar refractivity (Wildman–Crippen MR) is 43.0 cm³/mol. The molecule has 0 radical (unpaired) electrons. The number of likely N-dealkylation sites (tertiary alicyclic amines) is 1. The van der Waals surface area contributed by atoms with E-state index in [-0.39, 0.29) is 0 Å². The summed E-state index contributed by atoms with van der Waals surface area (Å²) in [6, 6.07) is 0.966. The third-order valence-corrected chi connectivity index (χ3v) is 3.29. The zero-order valence-corrected chi connectivity index (χ0v) is 6.84. The Morgan fingerprint density at radius 2 is 1.90 bits per heavy atom. The molecule has 0 spiro atoms. The Balaban J connectivity index is 2.01. The van der Waals surface area contributed by atoms with E-state index in [1.54, 1.807) is 0 Å². The number of hydrogen-bond acceptors (Lipinski definition) is 1. The summed E-state index contributed by atoms with van der Waals surface area (Å²) in [5.74, 6) is 1.07. The molecule has 2 fully saturated rings. The quantitative estimate of drug-likeness (QED) is 0.495. The van der Waals surface area contributed by atoms with Gasteiger partial charge in [-0.05, 0) is 38.8 Å². The van der Waals surface area contributed by atoms with Crippen molar-refractivity contribution >= 4 is 0 Å². The van der Waals surface area contributed by atoms with E-state index in [0.717, 1.165) is 12.0 Å². The fraction of sp³-hybridized carbons (Fsp3) is 1.00. The smallest absolute Gasteiger partial charge is 0.0121 e. The van der Waals surface area contributed by atoms with Crippen molar-refractivity contribution in [3.63, 3.8) is 0 Å². The first-order valence-electron chi connectivity index (χ1n) is 4.58. The molecule has 2 atom stereocenters. The summed E-state index contributed by atoms with van der Waals surface area (Å²) in [6.45, 7) is 1.36. The average Bonchev–Trinajstić information content (AvgIpc) is 2.34. The Bertz CT molecular complexity index is 120. The largest absolute Gasteiger partial charge is 0.303 e. The second kappa shape index (κ2) is 2.54. The van der Waals surface area contributed by atoms with Crippen LogP contribution in [0, 0.1) is 5.92 Å². The number of rotatable bonds is 0. The summed E-state index contributed by atoms with van der Waals surface area (Å²) >= 11 is 0. The molecule has 0 N–H and O–H groups in total. The van der Waals surface area contributed by atoms with Crippen LogP contribution < -0.4 is 0 Å². The maximum absolute atomic E-state index is 2.56. The molecule has 1 saturated heterocycles. The molecule has 2 rings (SSSR count). The summed E-state index contributed by atoms with van der Waals surface area (Å²) in [4.78, 5) is 2.56. The lowest BCUT2D eigenvalue weighted by atomic mass is 9.85. The first kappa shape index (κ1) is 6.66. The van der Waals surface area contributed by atoms with Gasteiger partial charge in [-0.25, -0.2) is 0 Å². The van der Waals surface area contributed by atoms with E-state index in [0.29, 0.717) is 0 Å². The Morgan fingerprint density at radius 3 is 2.70 bits per heavy atom. The molecule has 1 nitrogen and oxygen atoms in total. The van der Waals surface area contributed by atoms with Crippen LogP contribution in [0.3, 0.4) is 0 Å². The van der Waals surface area contributed by atoms with Crippen LogP contribution >= 0.6 is 0 Å². The predicted octanol–water partition coefficient (Wildman–Crippen LogP) is 1.88. The third-order valence-electron chi connectivity index (χ3n) is 3.29. The maximum Gasteiger partial charge on any atom is 0.0121 e. The molecular formula is C9H17N. The summed E-state index contributed by atoms with van der Waals surface area (Å²) in [5.41, 5.74) is 0. The average molecular weight is 139 g/mol. The topological polar surface area (TPSA) is 3.24 Å². The van der Waals surface area contributed by atoms with Crippen molar-refractivity contribution in [3.8, 4) is 0 Å². The van der Waals surface area contributed by atoms with Crippen molar-refractivity contribution in [2.24, 2.45) is 5.92 Å². The molecule has 0 amide bonds.